The van der Waals surface area contributed by atoms with E-state index >= 15 is 0 Å². The summed E-state index contributed by atoms with van der Waals surface area (Å²) in [5, 5.41) is 0.732. The van der Waals surface area contributed by atoms with Gasteiger partial charge in [-0.1, -0.05) is 35.9 Å². The van der Waals surface area contributed by atoms with Crippen molar-refractivity contribution in [3.8, 4) is 11.5 Å². The van der Waals surface area contributed by atoms with Crippen molar-refractivity contribution in [3.05, 3.63) is 88.2 Å². The van der Waals surface area contributed by atoms with E-state index in [9.17, 15) is 0 Å². The third-order valence-electron chi connectivity index (χ3n) is 5.41. The summed E-state index contributed by atoms with van der Waals surface area (Å²) >= 11 is 6.16. The van der Waals surface area contributed by atoms with E-state index in [1.807, 2.05) is 50.2 Å². The molecule has 4 rings (SSSR count). The lowest BCUT2D eigenvalue weighted by molar-refractivity contribution is 0.207. The highest BCUT2D eigenvalue weighted by Gasteiger charge is 2.18. The summed E-state index contributed by atoms with van der Waals surface area (Å²) in [4.78, 5) is 4.86. The number of hydrogen-bond donors (Lipinski definition) is 0. The van der Waals surface area contributed by atoms with Crippen LogP contribution in [0.4, 0.5) is 0 Å². The summed E-state index contributed by atoms with van der Waals surface area (Å²) in [6.45, 7) is 9.36. The zero-order valence-electron chi connectivity index (χ0n) is 18.4. The van der Waals surface area contributed by atoms with E-state index < -0.39 is 0 Å². The maximum absolute atomic E-state index is 6.22. The first kappa shape index (κ1) is 21.3. The Hall–Kier alpha value is -2.98. The van der Waals surface area contributed by atoms with Crippen LogP contribution < -0.4 is 9.47 Å². The molecule has 0 spiro atoms. The van der Waals surface area contributed by atoms with E-state index in [1.54, 1.807) is 0 Å². The van der Waals surface area contributed by atoms with Crippen molar-refractivity contribution in [2.45, 2.75) is 40.3 Å². The molecule has 1 unspecified atom stereocenters. The fourth-order valence-corrected chi connectivity index (χ4v) is 3.81. The number of fused-ring (bicyclic) bond motifs is 1. The molecule has 0 bridgehead atoms. The van der Waals surface area contributed by atoms with Crippen LogP contribution in [0.3, 0.4) is 0 Å². The topological polar surface area (TPSA) is 36.3 Å². The maximum atomic E-state index is 6.22. The molecule has 0 fully saturated rings. The quantitative estimate of drug-likeness (QED) is 0.319. The van der Waals surface area contributed by atoms with Gasteiger partial charge in [0, 0.05) is 5.02 Å². The largest absolute Gasteiger partial charge is 0.491 e. The molecule has 160 valence electrons. The van der Waals surface area contributed by atoms with Gasteiger partial charge in [0.25, 0.3) is 0 Å². The highest BCUT2D eigenvalue weighted by atomic mass is 35.5. The number of ether oxygens (including phenoxy) is 2. The number of aryl methyl sites for hydroxylation is 3. The number of para-hydroxylation sites is 2. The van der Waals surface area contributed by atoms with Gasteiger partial charge in [0.2, 0.25) is 0 Å². The van der Waals surface area contributed by atoms with Gasteiger partial charge >= 0.3 is 0 Å². The molecule has 1 aromatic heterocycles. The maximum Gasteiger partial charge on any atom is 0.153 e. The van der Waals surface area contributed by atoms with Crippen molar-refractivity contribution in [1.82, 2.24) is 9.55 Å². The Morgan fingerprint density at radius 3 is 2.58 bits per heavy atom. The minimum Gasteiger partial charge on any atom is -0.491 e. The van der Waals surface area contributed by atoms with Crippen LogP contribution in [0.5, 0.6) is 11.5 Å². The number of rotatable bonds is 7. The SMILES string of the molecule is Cc1ccc(C)c(OCCn2c(C(C)Oc3ccc(Cl)c(C)c3)nc3ccccc32)c1. The molecule has 0 aliphatic carbocycles. The zero-order valence-corrected chi connectivity index (χ0v) is 19.1. The predicted octanol–water partition coefficient (Wildman–Crippen LogP) is 6.83. The highest BCUT2D eigenvalue weighted by Crippen LogP contribution is 2.28. The number of aromatic nitrogens is 2. The zero-order chi connectivity index (χ0) is 22.0. The molecule has 3 aromatic carbocycles. The van der Waals surface area contributed by atoms with Crippen LogP contribution in [0.15, 0.2) is 60.7 Å². The standard InChI is InChI=1S/C26H27ClN2O2/c1-17-9-10-18(2)25(15-17)30-14-13-29-24-8-6-5-7-23(24)28-26(29)20(4)31-21-11-12-22(27)19(3)16-21/h5-12,15-16,20H,13-14H2,1-4H3. The number of halogens is 1. The van der Waals surface area contributed by atoms with E-state index in [-0.39, 0.29) is 6.10 Å². The van der Waals surface area contributed by atoms with Gasteiger partial charge in [0.1, 0.15) is 18.1 Å². The molecule has 31 heavy (non-hydrogen) atoms. The average molecular weight is 435 g/mol. The summed E-state index contributed by atoms with van der Waals surface area (Å²) in [5.74, 6) is 2.57. The van der Waals surface area contributed by atoms with Gasteiger partial charge in [0.15, 0.2) is 11.9 Å². The van der Waals surface area contributed by atoms with Gasteiger partial charge in [-0.25, -0.2) is 4.98 Å². The number of benzene rings is 3. The van der Waals surface area contributed by atoms with Gasteiger partial charge in [-0.2, -0.15) is 0 Å². The lowest BCUT2D eigenvalue weighted by Crippen LogP contribution is -2.16. The Morgan fingerprint density at radius 1 is 0.968 bits per heavy atom. The molecular weight excluding hydrogens is 408 g/mol. The molecule has 0 N–H and O–H groups in total. The highest BCUT2D eigenvalue weighted by molar-refractivity contribution is 6.31. The van der Waals surface area contributed by atoms with Crippen LogP contribution in [0.2, 0.25) is 5.02 Å². The molecule has 0 amide bonds. The van der Waals surface area contributed by atoms with Crippen LogP contribution in [0.1, 0.15) is 35.5 Å². The Morgan fingerprint density at radius 2 is 1.77 bits per heavy atom. The van der Waals surface area contributed by atoms with Crippen LogP contribution in [0.25, 0.3) is 11.0 Å². The number of hydrogen-bond acceptors (Lipinski definition) is 3. The van der Waals surface area contributed by atoms with E-state index in [4.69, 9.17) is 26.1 Å². The van der Waals surface area contributed by atoms with Crippen molar-refractivity contribution >= 4 is 22.6 Å². The second kappa shape index (κ2) is 9.03. The van der Waals surface area contributed by atoms with Crippen molar-refractivity contribution in [1.29, 1.82) is 0 Å². The third kappa shape index (κ3) is 4.70. The molecule has 4 aromatic rings. The lowest BCUT2D eigenvalue weighted by atomic mass is 10.1. The van der Waals surface area contributed by atoms with Gasteiger partial charge in [-0.05, 0) is 80.8 Å². The van der Waals surface area contributed by atoms with Crippen LogP contribution in [-0.2, 0) is 6.54 Å². The van der Waals surface area contributed by atoms with Crippen molar-refractivity contribution in [2.75, 3.05) is 6.61 Å². The third-order valence-corrected chi connectivity index (χ3v) is 5.83. The Bertz CT molecular complexity index is 1220. The fraction of sp³-hybridized carbons (Fsp3) is 0.269. The molecule has 5 heteroatoms. The number of imidazole rings is 1. The van der Waals surface area contributed by atoms with E-state index in [0.717, 1.165) is 44.5 Å². The molecule has 0 aliphatic heterocycles. The first-order chi connectivity index (χ1) is 14.9. The Labute approximate surface area is 188 Å². The van der Waals surface area contributed by atoms with E-state index in [2.05, 4.69) is 42.7 Å². The predicted molar refractivity (Wildman–Crippen MR) is 126 cm³/mol. The summed E-state index contributed by atoms with van der Waals surface area (Å²) in [6.07, 6.45) is -0.228. The molecule has 0 radical (unpaired) electrons. The second-order valence-corrected chi connectivity index (χ2v) is 8.31. The molecule has 0 aliphatic rings. The fourth-order valence-electron chi connectivity index (χ4n) is 3.70. The molecule has 1 atom stereocenters. The first-order valence-corrected chi connectivity index (χ1v) is 10.9. The van der Waals surface area contributed by atoms with Gasteiger partial charge in [-0.3, -0.25) is 0 Å². The molecule has 0 saturated carbocycles. The minimum absolute atomic E-state index is 0.228. The van der Waals surface area contributed by atoms with Gasteiger partial charge in [-0.15, -0.1) is 0 Å². The van der Waals surface area contributed by atoms with Gasteiger partial charge in [0.05, 0.1) is 17.6 Å². The molecule has 4 nitrogen and oxygen atoms in total. The van der Waals surface area contributed by atoms with E-state index in [0.29, 0.717) is 13.2 Å². The summed E-state index contributed by atoms with van der Waals surface area (Å²) in [7, 11) is 0. The van der Waals surface area contributed by atoms with Crippen LogP contribution in [0, 0.1) is 20.8 Å². The van der Waals surface area contributed by atoms with E-state index in [1.165, 1.54) is 5.56 Å². The van der Waals surface area contributed by atoms with Crippen molar-refractivity contribution in [2.24, 2.45) is 0 Å². The minimum atomic E-state index is -0.228. The Balaban J connectivity index is 1.57. The van der Waals surface area contributed by atoms with Crippen LogP contribution in [-0.4, -0.2) is 16.2 Å². The second-order valence-electron chi connectivity index (χ2n) is 7.90. The lowest BCUT2D eigenvalue weighted by Gasteiger charge is -2.18. The molecular formula is C26H27ClN2O2. The normalized spacial score (nSPS) is 12.2. The van der Waals surface area contributed by atoms with Gasteiger partial charge < -0.3 is 14.0 Å². The summed E-state index contributed by atoms with van der Waals surface area (Å²) in [6, 6.07) is 20.1. The summed E-state index contributed by atoms with van der Waals surface area (Å²) < 4.78 is 14.5. The molecule has 1 heterocycles. The number of nitrogens with zero attached hydrogens (tertiary/aromatic N) is 2. The van der Waals surface area contributed by atoms with Crippen molar-refractivity contribution < 1.29 is 9.47 Å². The molecule has 0 saturated heterocycles. The average Bonchev–Trinajstić information content (AvgIpc) is 3.12. The Kier molecular flexibility index (Phi) is 6.19. The van der Waals surface area contributed by atoms with Crippen molar-refractivity contribution in [3.63, 3.8) is 0 Å². The van der Waals surface area contributed by atoms with Crippen LogP contribution >= 0.6 is 11.6 Å². The monoisotopic (exact) mass is 434 g/mol. The first-order valence-electron chi connectivity index (χ1n) is 10.5. The smallest absolute Gasteiger partial charge is 0.153 e. The summed E-state index contributed by atoms with van der Waals surface area (Å²) in [5.41, 5.74) is 5.34.